The van der Waals surface area contributed by atoms with E-state index >= 15 is 0 Å². The standard InChI is InChI=1S/C11H13ClFNO5S/c1-2-8(7-20(12,17)18)6-19-11-4-3-9(14(15)16)5-10(11)13/h3-5,8H,2,6-7H2,1H3. The number of nitro groups is 1. The third kappa shape index (κ3) is 5.30. The molecule has 0 aliphatic rings. The molecule has 1 aromatic carbocycles. The van der Waals surface area contributed by atoms with Gasteiger partial charge in [0.25, 0.3) is 5.69 Å². The minimum Gasteiger partial charge on any atom is -0.490 e. The van der Waals surface area contributed by atoms with Crippen LogP contribution in [0.1, 0.15) is 13.3 Å². The van der Waals surface area contributed by atoms with E-state index in [-0.39, 0.29) is 29.7 Å². The number of hydrogen-bond donors (Lipinski definition) is 0. The fourth-order valence-corrected chi connectivity index (χ4v) is 2.92. The molecule has 20 heavy (non-hydrogen) atoms. The zero-order chi connectivity index (χ0) is 15.3. The van der Waals surface area contributed by atoms with Gasteiger partial charge in [-0.15, -0.1) is 0 Å². The first-order chi connectivity index (χ1) is 9.23. The van der Waals surface area contributed by atoms with Gasteiger partial charge in [-0.25, -0.2) is 12.8 Å². The molecule has 0 radical (unpaired) electrons. The quantitative estimate of drug-likeness (QED) is 0.437. The van der Waals surface area contributed by atoms with Crippen LogP contribution in [0.2, 0.25) is 0 Å². The van der Waals surface area contributed by atoms with Crippen molar-refractivity contribution in [2.45, 2.75) is 13.3 Å². The van der Waals surface area contributed by atoms with Crippen LogP contribution >= 0.6 is 10.7 Å². The SMILES string of the molecule is CCC(COc1ccc([N+](=O)[O-])cc1F)CS(=O)(=O)Cl. The van der Waals surface area contributed by atoms with Gasteiger partial charge >= 0.3 is 0 Å². The van der Waals surface area contributed by atoms with Crippen LogP contribution in [-0.4, -0.2) is 25.7 Å². The number of rotatable bonds is 7. The Morgan fingerprint density at radius 3 is 2.60 bits per heavy atom. The smallest absolute Gasteiger partial charge is 0.272 e. The lowest BCUT2D eigenvalue weighted by Gasteiger charge is -2.14. The van der Waals surface area contributed by atoms with Crippen LogP contribution in [0.15, 0.2) is 18.2 Å². The molecule has 112 valence electrons. The molecule has 0 aromatic heterocycles. The number of halogens is 2. The lowest BCUT2D eigenvalue weighted by atomic mass is 10.1. The monoisotopic (exact) mass is 325 g/mol. The second-order valence-electron chi connectivity index (χ2n) is 4.16. The maximum atomic E-state index is 13.5. The van der Waals surface area contributed by atoms with Crippen molar-refractivity contribution in [2.24, 2.45) is 5.92 Å². The van der Waals surface area contributed by atoms with Gasteiger partial charge in [0.15, 0.2) is 11.6 Å². The van der Waals surface area contributed by atoms with Crippen molar-refractivity contribution >= 4 is 25.4 Å². The molecule has 0 bridgehead atoms. The maximum absolute atomic E-state index is 13.5. The molecule has 6 nitrogen and oxygen atoms in total. The summed E-state index contributed by atoms with van der Waals surface area (Å²) >= 11 is 0. The van der Waals surface area contributed by atoms with Gasteiger partial charge in [-0.3, -0.25) is 10.1 Å². The molecule has 0 spiro atoms. The summed E-state index contributed by atoms with van der Waals surface area (Å²) in [5, 5.41) is 10.5. The summed E-state index contributed by atoms with van der Waals surface area (Å²) in [4.78, 5) is 9.73. The lowest BCUT2D eigenvalue weighted by molar-refractivity contribution is -0.385. The molecule has 1 unspecified atom stereocenters. The first-order valence-corrected chi connectivity index (χ1v) is 8.20. The van der Waals surface area contributed by atoms with Crippen molar-refractivity contribution in [3.8, 4) is 5.75 Å². The minimum atomic E-state index is -3.66. The fraction of sp³-hybridized carbons (Fsp3) is 0.455. The van der Waals surface area contributed by atoms with Crippen LogP contribution < -0.4 is 4.74 Å². The van der Waals surface area contributed by atoms with Crippen LogP contribution in [0.4, 0.5) is 10.1 Å². The molecule has 0 saturated carbocycles. The molecule has 0 aliphatic carbocycles. The van der Waals surface area contributed by atoms with Crippen molar-refractivity contribution < 1.29 is 22.5 Å². The third-order valence-electron chi connectivity index (χ3n) is 2.61. The maximum Gasteiger partial charge on any atom is 0.272 e. The molecule has 0 aliphatic heterocycles. The Kier molecular flexibility index (Phi) is 5.70. The number of non-ortho nitro benzene ring substituents is 1. The molecule has 0 N–H and O–H groups in total. The van der Waals surface area contributed by atoms with E-state index in [9.17, 15) is 22.9 Å². The summed E-state index contributed by atoms with van der Waals surface area (Å²) in [6.07, 6.45) is 0.487. The summed E-state index contributed by atoms with van der Waals surface area (Å²) in [5.41, 5.74) is -0.384. The number of ether oxygens (including phenoxy) is 1. The van der Waals surface area contributed by atoms with Gasteiger partial charge in [0.1, 0.15) is 0 Å². The summed E-state index contributed by atoms with van der Waals surface area (Å²) in [6.45, 7) is 1.71. The Hall–Kier alpha value is -1.41. The Morgan fingerprint density at radius 2 is 2.15 bits per heavy atom. The number of hydrogen-bond acceptors (Lipinski definition) is 5. The van der Waals surface area contributed by atoms with Gasteiger partial charge in [-0.05, 0) is 12.5 Å². The first-order valence-electron chi connectivity index (χ1n) is 5.72. The molecular formula is C11H13ClFNO5S. The summed E-state index contributed by atoms with van der Waals surface area (Å²) in [5.74, 6) is -1.70. The highest BCUT2D eigenvalue weighted by atomic mass is 35.7. The second-order valence-corrected chi connectivity index (χ2v) is 6.98. The average molecular weight is 326 g/mol. The normalized spacial score (nSPS) is 12.9. The van der Waals surface area contributed by atoms with Crippen LogP contribution in [0.25, 0.3) is 0 Å². The fourth-order valence-electron chi connectivity index (χ4n) is 1.49. The van der Waals surface area contributed by atoms with E-state index < -0.39 is 19.8 Å². The van der Waals surface area contributed by atoms with Gasteiger partial charge in [0.2, 0.25) is 9.05 Å². The zero-order valence-corrected chi connectivity index (χ0v) is 12.2. The zero-order valence-electron chi connectivity index (χ0n) is 10.6. The lowest BCUT2D eigenvalue weighted by Crippen LogP contribution is -2.19. The van der Waals surface area contributed by atoms with Crippen LogP contribution in [-0.2, 0) is 9.05 Å². The molecular weight excluding hydrogens is 313 g/mol. The Bertz CT molecular complexity index is 592. The molecule has 1 aromatic rings. The topological polar surface area (TPSA) is 86.5 Å². The molecule has 0 heterocycles. The van der Waals surface area contributed by atoms with E-state index in [2.05, 4.69) is 0 Å². The Balaban J connectivity index is 2.71. The average Bonchev–Trinajstić information content (AvgIpc) is 2.34. The van der Waals surface area contributed by atoms with Crippen LogP contribution in [0, 0.1) is 21.8 Å². The Morgan fingerprint density at radius 1 is 1.50 bits per heavy atom. The van der Waals surface area contributed by atoms with E-state index in [1.54, 1.807) is 6.92 Å². The number of benzene rings is 1. The molecule has 0 fully saturated rings. The largest absolute Gasteiger partial charge is 0.490 e. The van der Waals surface area contributed by atoms with E-state index in [4.69, 9.17) is 15.4 Å². The predicted octanol–water partition coefficient (Wildman–Crippen LogP) is 2.71. The highest BCUT2D eigenvalue weighted by Gasteiger charge is 2.18. The summed E-state index contributed by atoms with van der Waals surface area (Å²) < 4.78 is 40.6. The van der Waals surface area contributed by atoms with E-state index in [0.717, 1.165) is 18.2 Å². The Labute approximate surface area is 120 Å². The molecule has 0 amide bonds. The van der Waals surface area contributed by atoms with E-state index in [1.807, 2.05) is 0 Å². The van der Waals surface area contributed by atoms with Crippen molar-refractivity contribution in [1.29, 1.82) is 0 Å². The molecule has 1 atom stereocenters. The van der Waals surface area contributed by atoms with Crippen molar-refractivity contribution in [2.75, 3.05) is 12.4 Å². The van der Waals surface area contributed by atoms with Gasteiger partial charge in [-0.1, -0.05) is 6.92 Å². The van der Waals surface area contributed by atoms with Crippen LogP contribution in [0.5, 0.6) is 5.75 Å². The number of nitrogens with zero attached hydrogens (tertiary/aromatic N) is 1. The highest BCUT2D eigenvalue weighted by Crippen LogP contribution is 2.23. The summed E-state index contributed by atoms with van der Waals surface area (Å²) in [6, 6.07) is 2.99. The van der Waals surface area contributed by atoms with E-state index in [0.29, 0.717) is 6.42 Å². The van der Waals surface area contributed by atoms with Crippen LogP contribution in [0.3, 0.4) is 0 Å². The van der Waals surface area contributed by atoms with Gasteiger partial charge in [0.05, 0.1) is 23.3 Å². The van der Waals surface area contributed by atoms with Crippen molar-refractivity contribution in [1.82, 2.24) is 0 Å². The first kappa shape index (κ1) is 16.6. The van der Waals surface area contributed by atoms with E-state index in [1.165, 1.54) is 0 Å². The molecule has 9 heteroatoms. The molecule has 0 saturated heterocycles. The highest BCUT2D eigenvalue weighted by molar-refractivity contribution is 8.13. The second kappa shape index (κ2) is 6.85. The van der Waals surface area contributed by atoms with Crippen molar-refractivity contribution in [3.63, 3.8) is 0 Å². The van der Waals surface area contributed by atoms with Gasteiger partial charge in [0, 0.05) is 22.7 Å². The summed E-state index contributed by atoms with van der Waals surface area (Å²) in [7, 11) is 1.48. The minimum absolute atomic E-state index is 0.0445. The predicted molar refractivity (Wildman–Crippen MR) is 72.0 cm³/mol. The van der Waals surface area contributed by atoms with Gasteiger partial charge < -0.3 is 4.74 Å². The number of nitro benzene ring substituents is 1. The van der Waals surface area contributed by atoms with Crippen molar-refractivity contribution in [3.05, 3.63) is 34.1 Å². The third-order valence-corrected chi connectivity index (χ3v) is 3.86. The molecule has 1 rings (SSSR count). The van der Waals surface area contributed by atoms with Gasteiger partial charge in [-0.2, -0.15) is 0 Å².